The van der Waals surface area contributed by atoms with Gasteiger partial charge in [-0.15, -0.1) is 0 Å². The van der Waals surface area contributed by atoms with E-state index in [1.807, 2.05) is 0 Å². The van der Waals surface area contributed by atoms with Crippen molar-refractivity contribution < 1.29 is 9.59 Å². The van der Waals surface area contributed by atoms with Crippen molar-refractivity contribution in [2.45, 2.75) is 12.8 Å². The van der Waals surface area contributed by atoms with Crippen LogP contribution in [0.5, 0.6) is 0 Å². The lowest BCUT2D eigenvalue weighted by Crippen LogP contribution is -2.10. The molecule has 0 saturated carbocycles. The standard InChI is InChI=1S/C6H11NO2S2/c7-6(9)2-5-11-10-4-1-3-8/h3H,1-2,4-5H2,(H2,7,9). The number of hydrogen-bond acceptors (Lipinski definition) is 4. The zero-order valence-corrected chi connectivity index (χ0v) is 7.75. The third-order valence-electron chi connectivity index (χ3n) is 0.834. The Hall–Kier alpha value is -0.160. The van der Waals surface area contributed by atoms with Gasteiger partial charge in [-0.2, -0.15) is 0 Å². The van der Waals surface area contributed by atoms with Crippen LogP contribution in [0, 0.1) is 0 Å². The van der Waals surface area contributed by atoms with Gasteiger partial charge in [0, 0.05) is 24.3 Å². The van der Waals surface area contributed by atoms with Gasteiger partial charge in [0.1, 0.15) is 6.29 Å². The van der Waals surface area contributed by atoms with Crippen LogP contribution < -0.4 is 5.73 Å². The first-order valence-electron chi connectivity index (χ1n) is 3.23. The van der Waals surface area contributed by atoms with Crippen molar-refractivity contribution >= 4 is 33.8 Å². The van der Waals surface area contributed by atoms with Crippen LogP contribution in [0.4, 0.5) is 0 Å². The Balaban J connectivity index is 2.90. The van der Waals surface area contributed by atoms with Crippen LogP contribution in [0.25, 0.3) is 0 Å². The zero-order chi connectivity index (χ0) is 8.53. The SMILES string of the molecule is NC(=O)CCSSCCC=O. The third-order valence-corrected chi connectivity index (χ3v) is 3.27. The smallest absolute Gasteiger partial charge is 0.218 e. The molecule has 5 heteroatoms. The summed E-state index contributed by atoms with van der Waals surface area (Å²) < 4.78 is 0. The van der Waals surface area contributed by atoms with E-state index in [1.165, 1.54) is 0 Å². The molecule has 0 aromatic heterocycles. The van der Waals surface area contributed by atoms with Crippen LogP contribution in [0.15, 0.2) is 0 Å². The molecule has 2 N–H and O–H groups in total. The van der Waals surface area contributed by atoms with Gasteiger partial charge in [0.25, 0.3) is 0 Å². The number of primary amides is 1. The second kappa shape index (κ2) is 7.94. The summed E-state index contributed by atoms with van der Waals surface area (Å²) in [6.07, 6.45) is 1.88. The molecule has 0 atom stereocenters. The molecule has 0 rings (SSSR count). The topological polar surface area (TPSA) is 60.2 Å². The fraction of sp³-hybridized carbons (Fsp3) is 0.667. The highest BCUT2D eigenvalue weighted by atomic mass is 33.1. The minimum Gasteiger partial charge on any atom is -0.370 e. The van der Waals surface area contributed by atoms with E-state index in [2.05, 4.69) is 0 Å². The van der Waals surface area contributed by atoms with E-state index in [1.54, 1.807) is 21.6 Å². The van der Waals surface area contributed by atoms with E-state index in [-0.39, 0.29) is 5.91 Å². The summed E-state index contributed by atoms with van der Waals surface area (Å²) >= 11 is 0. The number of rotatable bonds is 7. The van der Waals surface area contributed by atoms with Gasteiger partial charge < -0.3 is 10.5 Å². The van der Waals surface area contributed by atoms with Crippen molar-refractivity contribution in [2.24, 2.45) is 5.73 Å². The minimum atomic E-state index is -0.270. The Labute approximate surface area is 73.9 Å². The summed E-state index contributed by atoms with van der Waals surface area (Å²) in [5.41, 5.74) is 4.92. The monoisotopic (exact) mass is 193 g/mol. The molecule has 3 nitrogen and oxygen atoms in total. The lowest BCUT2D eigenvalue weighted by Gasteiger charge is -1.95. The van der Waals surface area contributed by atoms with Crippen LogP contribution in [0.1, 0.15) is 12.8 Å². The molecule has 0 radical (unpaired) electrons. The van der Waals surface area contributed by atoms with Gasteiger partial charge in [-0.25, -0.2) is 0 Å². The van der Waals surface area contributed by atoms with Gasteiger partial charge in [0.15, 0.2) is 0 Å². The average molecular weight is 193 g/mol. The Kier molecular flexibility index (Phi) is 7.83. The first kappa shape index (κ1) is 10.8. The van der Waals surface area contributed by atoms with Gasteiger partial charge in [0.2, 0.25) is 5.91 Å². The fourth-order valence-electron chi connectivity index (χ4n) is 0.356. The molecule has 0 aliphatic rings. The maximum absolute atomic E-state index is 10.2. The van der Waals surface area contributed by atoms with Crippen LogP contribution in [0.3, 0.4) is 0 Å². The number of carbonyl (C=O) groups excluding carboxylic acids is 2. The molecule has 0 saturated heterocycles. The quantitative estimate of drug-likeness (QED) is 0.369. The van der Waals surface area contributed by atoms with Crippen molar-refractivity contribution in [3.05, 3.63) is 0 Å². The van der Waals surface area contributed by atoms with E-state index in [0.29, 0.717) is 12.8 Å². The molecule has 0 fully saturated rings. The predicted octanol–water partition coefficient (Wildman–Crippen LogP) is 0.832. The maximum Gasteiger partial charge on any atom is 0.218 e. The summed E-state index contributed by atoms with van der Waals surface area (Å²) in [5.74, 6) is 1.28. The first-order chi connectivity index (χ1) is 5.27. The van der Waals surface area contributed by atoms with Crippen molar-refractivity contribution in [1.82, 2.24) is 0 Å². The summed E-state index contributed by atoms with van der Waals surface area (Å²) in [4.78, 5) is 20.1. The normalized spacial score (nSPS) is 9.45. The lowest BCUT2D eigenvalue weighted by molar-refractivity contribution is -0.117. The first-order valence-corrected chi connectivity index (χ1v) is 5.72. The van der Waals surface area contributed by atoms with E-state index < -0.39 is 0 Å². The Morgan fingerprint density at radius 2 is 2.00 bits per heavy atom. The van der Waals surface area contributed by atoms with Crippen molar-refractivity contribution in [2.75, 3.05) is 11.5 Å². The van der Waals surface area contributed by atoms with Gasteiger partial charge in [-0.3, -0.25) is 4.79 Å². The zero-order valence-electron chi connectivity index (χ0n) is 6.12. The van der Waals surface area contributed by atoms with Crippen LogP contribution in [-0.4, -0.2) is 23.7 Å². The van der Waals surface area contributed by atoms with E-state index >= 15 is 0 Å². The van der Waals surface area contributed by atoms with Crippen LogP contribution in [0.2, 0.25) is 0 Å². The molecular formula is C6H11NO2S2. The van der Waals surface area contributed by atoms with Gasteiger partial charge in [0.05, 0.1) is 0 Å². The van der Waals surface area contributed by atoms with Crippen molar-refractivity contribution in [3.63, 3.8) is 0 Å². The second-order valence-electron chi connectivity index (χ2n) is 1.82. The average Bonchev–Trinajstić information content (AvgIpc) is 1.96. The number of nitrogens with two attached hydrogens (primary N) is 1. The molecule has 0 aromatic carbocycles. The molecule has 0 unspecified atom stereocenters. The summed E-state index contributed by atoms with van der Waals surface area (Å²) in [6.45, 7) is 0. The highest BCUT2D eigenvalue weighted by Gasteiger charge is 1.94. The highest BCUT2D eigenvalue weighted by Crippen LogP contribution is 2.21. The maximum atomic E-state index is 10.2. The molecule has 64 valence electrons. The largest absolute Gasteiger partial charge is 0.370 e. The van der Waals surface area contributed by atoms with Gasteiger partial charge in [-0.05, 0) is 0 Å². The van der Waals surface area contributed by atoms with Gasteiger partial charge in [-0.1, -0.05) is 21.6 Å². The molecule has 1 amide bonds. The molecular weight excluding hydrogens is 182 g/mol. The van der Waals surface area contributed by atoms with Crippen LogP contribution >= 0.6 is 21.6 Å². The summed E-state index contributed by atoms with van der Waals surface area (Å²) in [5, 5.41) is 0. The molecule has 0 heterocycles. The fourth-order valence-corrected chi connectivity index (χ4v) is 2.31. The van der Waals surface area contributed by atoms with Crippen molar-refractivity contribution in [3.8, 4) is 0 Å². The predicted molar refractivity (Wildman–Crippen MR) is 49.4 cm³/mol. The number of carbonyl (C=O) groups is 2. The summed E-state index contributed by atoms with van der Waals surface area (Å²) in [6, 6.07) is 0. The van der Waals surface area contributed by atoms with Crippen LogP contribution in [-0.2, 0) is 9.59 Å². The summed E-state index contributed by atoms with van der Waals surface area (Å²) in [7, 11) is 3.18. The lowest BCUT2D eigenvalue weighted by atomic mass is 10.5. The van der Waals surface area contributed by atoms with Gasteiger partial charge >= 0.3 is 0 Å². The highest BCUT2D eigenvalue weighted by molar-refractivity contribution is 8.76. The second-order valence-corrected chi connectivity index (χ2v) is 4.52. The number of hydrogen-bond donors (Lipinski definition) is 1. The van der Waals surface area contributed by atoms with Crippen molar-refractivity contribution in [1.29, 1.82) is 0 Å². The van der Waals surface area contributed by atoms with E-state index in [0.717, 1.165) is 17.8 Å². The molecule has 0 bridgehead atoms. The Bertz CT molecular complexity index is 130. The Morgan fingerprint density at radius 1 is 1.36 bits per heavy atom. The molecule has 0 spiro atoms. The minimum absolute atomic E-state index is 0.270. The molecule has 0 aliphatic carbocycles. The molecule has 0 aliphatic heterocycles. The number of amides is 1. The molecule has 11 heavy (non-hydrogen) atoms. The molecule has 0 aromatic rings. The third kappa shape index (κ3) is 9.84. The number of aldehydes is 1. The van der Waals surface area contributed by atoms with E-state index in [9.17, 15) is 9.59 Å². The van der Waals surface area contributed by atoms with E-state index in [4.69, 9.17) is 5.73 Å². The Morgan fingerprint density at radius 3 is 2.55 bits per heavy atom.